The average Bonchev–Trinajstić information content (AvgIpc) is 2.49. The molecule has 0 aliphatic carbocycles. The first-order valence-corrected chi connectivity index (χ1v) is 6.91. The van der Waals surface area contributed by atoms with Crippen LogP contribution in [0.1, 0.15) is 12.5 Å². The molecule has 0 bridgehead atoms. The van der Waals surface area contributed by atoms with Gasteiger partial charge in [-0.2, -0.15) is 0 Å². The van der Waals surface area contributed by atoms with Gasteiger partial charge in [0.25, 0.3) is 5.91 Å². The summed E-state index contributed by atoms with van der Waals surface area (Å²) in [6.07, 6.45) is -0.785. The van der Waals surface area contributed by atoms with Gasteiger partial charge in [0.1, 0.15) is 5.75 Å². The normalized spacial score (nSPS) is 16.3. The summed E-state index contributed by atoms with van der Waals surface area (Å²) >= 11 is 0. The molecule has 2 rings (SSSR count). The maximum atomic E-state index is 12.3. The Hall–Kier alpha value is -2.08. The van der Waals surface area contributed by atoms with Crippen molar-refractivity contribution in [3.8, 4) is 5.75 Å². The van der Waals surface area contributed by atoms with Crippen LogP contribution in [-0.4, -0.2) is 54.3 Å². The number of morpholine rings is 1. The first-order valence-electron chi connectivity index (χ1n) is 6.91. The van der Waals surface area contributed by atoms with Crippen molar-refractivity contribution in [2.45, 2.75) is 19.4 Å². The van der Waals surface area contributed by atoms with Crippen LogP contribution in [0.4, 0.5) is 0 Å². The third-order valence-electron chi connectivity index (χ3n) is 3.29. The Morgan fingerprint density at radius 2 is 2.00 bits per heavy atom. The van der Waals surface area contributed by atoms with Gasteiger partial charge in [-0.15, -0.1) is 0 Å². The highest BCUT2D eigenvalue weighted by Crippen LogP contribution is 2.20. The molecule has 0 aromatic heterocycles. The Labute approximate surface area is 123 Å². The van der Waals surface area contributed by atoms with E-state index >= 15 is 0 Å². The number of amides is 1. The van der Waals surface area contributed by atoms with E-state index < -0.39 is 12.1 Å². The Morgan fingerprint density at radius 1 is 1.33 bits per heavy atom. The highest BCUT2D eigenvalue weighted by molar-refractivity contribution is 5.81. The molecule has 1 fully saturated rings. The van der Waals surface area contributed by atoms with Crippen LogP contribution in [0.5, 0.6) is 5.75 Å². The highest BCUT2D eigenvalue weighted by atomic mass is 16.5. The van der Waals surface area contributed by atoms with E-state index in [4.69, 9.17) is 14.6 Å². The second-order valence-electron chi connectivity index (χ2n) is 4.88. The Bertz CT molecular complexity index is 511. The lowest BCUT2D eigenvalue weighted by atomic mass is 10.1. The molecule has 1 saturated heterocycles. The standard InChI is InChI=1S/C15H19NO5/c1-11(15(19)16-6-8-20-9-7-16)21-13-5-3-2-4-12(13)10-14(17)18/h2-5,11H,6-10H2,1H3,(H,17,18). The molecule has 1 N–H and O–H groups in total. The van der Waals surface area contributed by atoms with E-state index in [2.05, 4.69) is 0 Å². The Morgan fingerprint density at radius 3 is 2.67 bits per heavy atom. The molecule has 1 aliphatic rings. The van der Waals surface area contributed by atoms with Gasteiger partial charge in [0.05, 0.1) is 19.6 Å². The monoisotopic (exact) mass is 293 g/mol. The van der Waals surface area contributed by atoms with E-state index in [0.717, 1.165) is 0 Å². The third-order valence-corrected chi connectivity index (χ3v) is 3.29. The number of ether oxygens (including phenoxy) is 2. The number of carbonyl (C=O) groups is 2. The zero-order valence-corrected chi connectivity index (χ0v) is 11.9. The van der Waals surface area contributed by atoms with Gasteiger partial charge in [-0.05, 0) is 13.0 Å². The van der Waals surface area contributed by atoms with Crippen molar-refractivity contribution in [1.29, 1.82) is 0 Å². The zero-order chi connectivity index (χ0) is 15.2. The topological polar surface area (TPSA) is 76.1 Å². The number of benzene rings is 1. The van der Waals surface area contributed by atoms with E-state index in [1.807, 2.05) is 0 Å². The number of para-hydroxylation sites is 1. The molecule has 1 aromatic carbocycles. The quantitative estimate of drug-likeness (QED) is 0.874. The van der Waals surface area contributed by atoms with Crippen molar-refractivity contribution in [2.24, 2.45) is 0 Å². The predicted molar refractivity (Wildman–Crippen MR) is 75.3 cm³/mol. The van der Waals surface area contributed by atoms with Crippen LogP contribution in [0, 0.1) is 0 Å². The summed E-state index contributed by atoms with van der Waals surface area (Å²) in [5.74, 6) is -0.601. The first kappa shape index (κ1) is 15.3. The van der Waals surface area contributed by atoms with Crippen LogP contribution in [-0.2, 0) is 20.7 Å². The summed E-state index contributed by atoms with van der Waals surface area (Å²) in [6.45, 7) is 3.87. The second kappa shape index (κ2) is 7.08. The van der Waals surface area contributed by atoms with Crippen molar-refractivity contribution in [3.63, 3.8) is 0 Å². The zero-order valence-electron chi connectivity index (χ0n) is 11.9. The van der Waals surface area contributed by atoms with Crippen molar-refractivity contribution >= 4 is 11.9 Å². The Balaban J connectivity index is 2.03. The summed E-state index contributed by atoms with van der Waals surface area (Å²) < 4.78 is 10.9. The number of carboxylic acid groups (broad SMARTS) is 1. The first-order chi connectivity index (χ1) is 10.1. The fraction of sp³-hybridized carbons (Fsp3) is 0.467. The van der Waals surface area contributed by atoms with Crippen molar-refractivity contribution in [3.05, 3.63) is 29.8 Å². The number of carbonyl (C=O) groups excluding carboxylic acids is 1. The fourth-order valence-corrected chi connectivity index (χ4v) is 2.21. The molecule has 1 atom stereocenters. The van der Waals surface area contributed by atoms with Gasteiger partial charge in [-0.25, -0.2) is 0 Å². The minimum atomic E-state index is -0.932. The summed E-state index contributed by atoms with van der Waals surface area (Å²) in [4.78, 5) is 24.8. The molecule has 21 heavy (non-hydrogen) atoms. The van der Waals surface area contributed by atoms with E-state index in [1.54, 1.807) is 36.1 Å². The van der Waals surface area contributed by atoms with E-state index in [0.29, 0.717) is 37.6 Å². The average molecular weight is 293 g/mol. The molecular formula is C15H19NO5. The van der Waals surface area contributed by atoms with Gasteiger partial charge >= 0.3 is 5.97 Å². The number of nitrogens with zero attached hydrogens (tertiary/aromatic N) is 1. The number of rotatable bonds is 5. The minimum Gasteiger partial charge on any atom is -0.481 e. The molecule has 0 radical (unpaired) electrons. The van der Waals surface area contributed by atoms with E-state index in [1.165, 1.54) is 0 Å². The van der Waals surface area contributed by atoms with Crippen LogP contribution in [0.25, 0.3) is 0 Å². The lowest BCUT2D eigenvalue weighted by Gasteiger charge is -2.29. The van der Waals surface area contributed by atoms with Gasteiger partial charge in [-0.1, -0.05) is 18.2 Å². The van der Waals surface area contributed by atoms with Gasteiger partial charge in [0, 0.05) is 18.7 Å². The van der Waals surface area contributed by atoms with Gasteiger partial charge in [-0.3, -0.25) is 9.59 Å². The predicted octanol–water partition coefficient (Wildman–Crippen LogP) is 0.940. The summed E-state index contributed by atoms with van der Waals surface area (Å²) in [5.41, 5.74) is 0.562. The summed E-state index contributed by atoms with van der Waals surface area (Å²) in [6, 6.07) is 6.88. The van der Waals surface area contributed by atoms with E-state index in [9.17, 15) is 9.59 Å². The summed E-state index contributed by atoms with van der Waals surface area (Å²) in [7, 11) is 0. The molecular weight excluding hydrogens is 274 g/mol. The van der Waals surface area contributed by atoms with Crippen LogP contribution in [0.3, 0.4) is 0 Å². The van der Waals surface area contributed by atoms with Crippen LogP contribution in [0.2, 0.25) is 0 Å². The maximum Gasteiger partial charge on any atom is 0.307 e. The molecule has 0 spiro atoms. The number of hydrogen-bond acceptors (Lipinski definition) is 4. The number of hydrogen-bond donors (Lipinski definition) is 1. The van der Waals surface area contributed by atoms with Crippen LogP contribution >= 0.6 is 0 Å². The number of aliphatic carboxylic acids is 1. The lowest BCUT2D eigenvalue weighted by Crippen LogP contribution is -2.46. The molecule has 1 aliphatic heterocycles. The molecule has 0 saturated carbocycles. The minimum absolute atomic E-state index is 0.108. The maximum absolute atomic E-state index is 12.3. The van der Waals surface area contributed by atoms with Crippen molar-refractivity contribution < 1.29 is 24.2 Å². The second-order valence-corrected chi connectivity index (χ2v) is 4.88. The molecule has 1 aromatic rings. The molecule has 6 heteroatoms. The van der Waals surface area contributed by atoms with Crippen LogP contribution in [0.15, 0.2) is 24.3 Å². The SMILES string of the molecule is CC(Oc1ccccc1CC(=O)O)C(=O)N1CCOCC1. The molecule has 1 amide bonds. The molecule has 1 unspecified atom stereocenters. The molecule has 1 heterocycles. The van der Waals surface area contributed by atoms with Crippen molar-refractivity contribution in [2.75, 3.05) is 26.3 Å². The smallest absolute Gasteiger partial charge is 0.307 e. The van der Waals surface area contributed by atoms with Crippen molar-refractivity contribution in [1.82, 2.24) is 4.90 Å². The van der Waals surface area contributed by atoms with Crippen LogP contribution < -0.4 is 4.74 Å². The van der Waals surface area contributed by atoms with Gasteiger partial charge in [0.2, 0.25) is 0 Å². The Kier molecular flexibility index (Phi) is 5.16. The lowest BCUT2D eigenvalue weighted by molar-refractivity contribution is -0.142. The number of carboxylic acids is 1. The highest BCUT2D eigenvalue weighted by Gasteiger charge is 2.24. The van der Waals surface area contributed by atoms with Gasteiger partial charge < -0.3 is 19.5 Å². The molecule has 114 valence electrons. The summed E-state index contributed by atoms with van der Waals surface area (Å²) in [5, 5.41) is 8.89. The largest absolute Gasteiger partial charge is 0.481 e. The van der Waals surface area contributed by atoms with Gasteiger partial charge in [0.15, 0.2) is 6.10 Å². The van der Waals surface area contributed by atoms with E-state index in [-0.39, 0.29) is 12.3 Å². The fourth-order valence-electron chi connectivity index (χ4n) is 2.21. The third kappa shape index (κ3) is 4.19. The molecule has 6 nitrogen and oxygen atoms in total.